The van der Waals surface area contributed by atoms with Gasteiger partial charge in [-0.2, -0.15) is 13.2 Å². The van der Waals surface area contributed by atoms with Gasteiger partial charge in [-0.1, -0.05) is 67.6 Å². The van der Waals surface area contributed by atoms with Gasteiger partial charge in [-0.3, -0.25) is 9.59 Å². The first-order valence-corrected chi connectivity index (χ1v) is 12.9. The second-order valence-corrected chi connectivity index (χ2v) is 10.5. The number of carbonyl (C=O) groups excluding carboxylic acids is 1. The summed E-state index contributed by atoms with van der Waals surface area (Å²) in [6, 6.07) is 22.1. The minimum Gasteiger partial charge on any atom is -0.480 e. The fourth-order valence-corrected chi connectivity index (χ4v) is 5.73. The second-order valence-electron chi connectivity index (χ2n) is 10.5. The Kier molecular flexibility index (Phi) is 6.97. The Labute approximate surface area is 224 Å². The van der Waals surface area contributed by atoms with Crippen molar-refractivity contribution in [3.63, 3.8) is 0 Å². The van der Waals surface area contributed by atoms with Gasteiger partial charge < -0.3 is 14.6 Å². The topological polar surface area (TPSA) is 62.5 Å². The highest BCUT2D eigenvalue weighted by Gasteiger charge is 2.42. The smallest absolute Gasteiger partial charge is 0.416 e. The first kappa shape index (κ1) is 26.5. The van der Waals surface area contributed by atoms with Crippen LogP contribution in [0.15, 0.2) is 78.9 Å². The molecule has 202 valence electrons. The zero-order chi connectivity index (χ0) is 27.8. The maximum atomic E-state index is 14.2. The Bertz CT molecular complexity index is 1530. The van der Waals surface area contributed by atoms with Crippen LogP contribution in [0.3, 0.4) is 0 Å². The van der Waals surface area contributed by atoms with Gasteiger partial charge in [-0.15, -0.1) is 0 Å². The third-order valence-electron chi connectivity index (χ3n) is 7.62. The molecule has 3 aromatic carbocycles. The lowest BCUT2D eigenvalue weighted by Gasteiger charge is -2.38. The SMILES string of the molecule is CC1(C(=O)N(Cc2ccccc2)Cc2cccc(C(F)(F)F)c2)CCc2c(c3ccccc3n2CC(=O)O)C1. The standard InChI is InChI=1S/C31H29F3N2O3/c1-30(15-14-27-25(17-30)24-12-5-6-13-26(24)36(27)20-28(37)38)29(39)35(18-21-8-3-2-4-9-21)19-22-10-7-11-23(16-22)31(32,33)34/h2-13,16H,14-15,17-20H2,1H3,(H,37,38). The first-order chi connectivity index (χ1) is 18.5. The number of hydrogen-bond donors (Lipinski definition) is 1. The van der Waals surface area contributed by atoms with Crippen molar-refractivity contribution in [2.75, 3.05) is 0 Å². The number of nitrogens with zero attached hydrogens (tertiary/aromatic N) is 2. The van der Waals surface area contributed by atoms with Gasteiger partial charge in [0.2, 0.25) is 5.91 Å². The van der Waals surface area contributed by atoms with Crippen molar-refractivity contribution in [3.8, 4) is 0 Å². The molecule has 0 radical (unpaired) electrons. The Morgan fingerprint density at radius 3 is 2.33 bits per heavy atom. The number of carboxylic acid groups (broad SMARTS) is 1. The van der Waals surface area contributed by atoms with Crippen LogP contribution in [-0.4, -0.2) is 26.5 Å². The molecule has 0 bridgehead atoms. The molecule has 0 spiro atoms. The summed E-state index contributed by atoms with van der Waals surface area (Å²) in [5.74, 6) is -1.07. The van der Waals surface area contributed by atoms with Crippen LogP contribution in [0, 0.1) is 5.41 Å². The summed E-state index contributed by atoms with van der Waals surface area (Å²) in [6.45, 7) is 2.06. The van der Waals surface area contributed by atoms with Gasteiger partial charge in [0.05, 0.1) is 11.0 Å². The van der Waals surface area contributed by atoms with Gasteiger partial charge in [0, 0.05) is 29.7 Å². The van der Waals surface area contributed by atoms with Gasteiger partial charge in [-0.05, 0) is 54.2 Å². The van der Waals surface area contributed by atoms with Crippen LogP contribution >= 0.6 is 0 Å². The molecule has 0 fully saturated rings. The number of benzene rings is 3. The molecule has 5 rings (SSSR count). The maximum Gasteiger partial charge on any atom is 0.416 e. The van der Waals surface area contributed by atoms with E-state index in [1.807, 2.05) is 66.1 Å². The molecule has 4 aromatic rings. The first-order valence-electron chi connectivity index (χ1n) is 12.9. The minimum absolute atomic E-state index is 0.0425. The lowest BCUT2D eigenvalue weighted by atomic mass is 9.73. The highest BCUT2D eigenvalue weighted by Crippen LogP contribution is 2.42. The van der Waals surface area contributed by atoms with E-state index in [0.29, 0.717) is 24.8 Å². The third kappa shape index (κ3) is 5.41. The van der Waals surface area contributed by atoms with Crippen molar-refractivity contribution in [1.82, 2.24) is 9.47 Å². The summed E-state index contributed by atoms with van der Waals surface area (Å²) >= 11 is 0. The molecule has 1 aromatic heterocycles. The van der Waals surface area contributed by atoms with Crippen molar-refractivity contribution in [1.29, 1.82) is 0 Å². The fourth-order valence-electron chi connectivity index (χ4n) is 5.73. The number of para-hydroxylation sites is 1. The summed E-state index contributed by atoms with van der Waals surface area (Å²) in [6.07, 6.45) is -3.02. The Hall–Kier alpha value is -4.07. The van der Waals surface area contributed by atoms with Crippen LogP contribution in [0.5, 0.6) is 0 Å². The molecule has 1 heterocycles. The number of aliphatic carboxylic acids is 1. The average molecular weight is 535 g/mol. The number of hydrogen-bond acceptors (Lipinski definition) is 2. The van der Waals surface area contributed by atoms with Crippen LogP contribution in [0.25, 0.3) is 10.9 Å². The second kappa shape index (κ2) is 10.2. The Morgan fingerprint density at radius 2 is 1.62 bits per heavy atom. The highest BCUT2D eigenvalue weighted by atomic mass is 19.4. The van der Waals surface area contributed by atoms with E-state index in [-0.39, 0.29) is 25.5 Å². The predicted molar refractivity (Wildman–Crippen MR) is 142 cm³/mol. The van der Waals surface area contributed by atoms with E-state index in [0.717, 1.165) is 39.9 Å². The zero-order valence-electron chi connectivity index (χ0n) is 21.5. The molecule has 0 saturated carbocycles. The maximum absolute atomic E-state index is 14.2. The molecule has 5 nitrogen and oxygen atoms in total. The molecule has 1 atom stereocenters. The molecule has 1 aliphatic carbocycles. The number of rotatable bonds is 7. The highest BCUT2D eigenvalue weighted by molar-refractivity contribution is 5.90. The lowest BCUT2D eigenvalue weighted by Crippen LogP contribution is -2.45. The number of fused-ring (bicyclic) bond motifs is 3. The number of carboxylic acids is 1. The van der Waals surface area contributed by atoms with Crippen LogP contribution in [0.1, 0.15) is 41.3 Å². The monoisotopic (exact) mass is 534 g/mol. The fraction of sp³-hybridized carbons (Fsp3) is 0.290. The molecular weight excluding hydrogens is 505 g/mol. The van der Waals surface area contributed by atoms with Crippen LogP contribution in [-0.2, 0) is 48.2 Å². The van der Waals surface area contributed by atoms with E-state index in [1.165, 1.54) is 6.07 Å². The van der Waals surface area contributed by atoms with Crippen LogP contribution < -0.4 is 0 Å². The van der Waals surface area contributed by atoms with E-state index in [1.54, 1.807) is 11.0 Å². The third-order valence-corrected chi connectivity index (χ3v) is 7.62. The van der Waals surface area contributed by atoms with Gasteiger partial charge >= 0.3 is 12.1 Å². The number of alkyl halides is 3. The van der Waals surface area contributed by atoms with Crippen LogP contribution in [0.2, 0.25) is 0 Å². The lowest BCUT2D eigenvalue weighted by molar-refractivity contribution is -0.143. The summed E-state index contributed by atoms with van der Waals surface area (Å²) < 4.78 is 42.0. The van der Waals surface area contributed by atoms with Crippen molar-refractivity contribution >= 4 is 22.8 Å². The molecule has 0 saturated heterocycles. The van der Waals surface area contributed by atoms with E-state index in [2.05, 4.69) is 0 Å². The molecule has 8 heteroatoms. The molecule has 1 aliphatic rings. The van der Waals surface area contributed by atoms with Crippen molar-refractivity contribution < 1.29 is 27.9 Å². The van der Waals surface area contributed by atoms with Crippen LogP contribution in [0.4, 0.5) is 13.2 Å². The molecule has 1 unspecified atom stereocenters. The van der Waals surface area contributed by atoms with Crippen molar-refractivity contribution in [3.05, 3.63) is 107 Å². The summed E-state index contributed by atoms with van der Waals surface area (Å²) in [7, 11) is 0. The average Bonchev–Trinajstić information content (AvgIpc) is 3.20. The van der Waals surface area contributed by atoms with E-state index in [4.69, 9.17) is 0 Å². The molecule has 0 aliphatic heterocycles. The van der Waals surface area contributed by atoms with Crippen molar-refractivity contribution in [2.45, 2.75) is 52.0 Å². The predicted octanol–water partition coefficient (Wildman–Crippen LogP) is 6.47. The van der Waals surface area contributed by atoms with Gasteiger partial charge in [0.15, 0.2) is 0 Å². The number of amides is 1. The number of aromatic nitrogens is 1. The Morgan fingerprint density at radius 1 is 0.949 bits per heavy atom. The molecular formula is C31H29F3N2O3. The molecule has 1 amide bonds. The van der Waals surface area contributed by atoms with Crippen molar-refractivity contribution in [2.24, 2.45) is 5.41 Å². The molecule has 1 N–H and O–H groups in total. The van der Waals surface area contributed by atoms with Gasteiger partial charge in [0.25, 0.3) is 0 Å². The van der Waals surface area contributed by atoms with Gasteiger partial charge in [0.1, 0.15) is 6.54 Å². The number of halogens is 3. The molecule has 39 heavy (non-hydrogen) atoms. The minimum atomic E-state index is -4.47. The summed E-state index contributed by atoms with van der Waals surface area (Å²) in [5, 5.41) is 10.4. The largest absolute Gasteiger partial charge is 0.480 e. The number of carbonyl (C=O) groups is 2. The quantitative estimate of drug-likeness (QED) is 0.296. The van der Waals surface area contributed by atoms with E-state index >= 15 is 0 Å². The summed E-state index contributed by atoms with van der Waals surface area (Å²) in [5.41, 5.74) is 2.47. The zero-order valence-corrected chi connectivity index (χ0v) is 21.5. The van der Waals surface area contributed by atoms with E-state index in [9.17, 15) is 27.9 Å². The van der Waals surface area contributed by atoms with Gasteiger partial charge in [-0.25, -0.2) is 0 Å². The summed E-state index contributed by atoms with van der Waals surface area (Å²) in [4.78, 5) is 27.5. The van der Waals surface area contributed by atoms with E-state index < -0.39 is 23.1 Å². The normalized spacial score (nSPS) is 17.1. The Balaban J connectivity index is 1.50.